The zero-order chi connectivity index (χ0) is 14.7. The summed E-state index contributed by atoms with van der Waals surface area (Å²) in [5, 5.41) is 3.39. The van der Waals surface area contributed by atoms with Crippen molar-refractivity contribution in [3.63, 3.8) is 0 Å². The van der Waals surface area contributed by atoms with E-state index < -0.39 is 0 Å². The van der Waals surface area contributed by atoms with Gasteiger partial charge in [0.1, 0.15) is 11.5 Å². The third-order valence-electron chi connectivity index (χ3n) is 4.46. The summed E-state index contributed by atoms with van der Waals surface area (Å²) in [7, 11) is 0. The first-order chi connectivity index (χ1) is 10.2. The molecule has 0 amide bonds. The van der Waals surface area contributed by atoms with E-state index in [0.717, 1.165) is 30.5 Å². The van der Waals surface area contributed by atoms with Gasteiger partial charge in [-0.1, -0.05) is 13.8 Å². The maximum absolute atomic E-state index is 5.92. The lowest BCUT2D eigenvalue weighted by Gasteiger charge is -2.34. The van der Waals surface area contributed by atoms with Crippen LogP contribution in [0.5, 0.6) is 0 Å². The van der Waals surface area contributed by atoms with E-state index in [9.17, 15) is 0 Å². The number of rotatable bonds is 7. The fraction of sp³-hybridized carbons (Fsp3) is 0.765. The smallest absolute Gasteiger partial charge is 0.118 e. The van der Waals surface area contributed by atoms with Crippen LogP contribution in [0.2, 0.25) is 0 Å². The Labute approximate surface area is 128 Å². The van der Waals surface area contributed by atoms with Crippen LogP contribution in [-0.4, -0.2) is 48.6 Å². The van der Waals surface area contributed by atoms with E-state index in [1.165, 1.54) is 45.6 Å². The summed E-state index contributed by atoms with van der Waals surface area (Å²) in [4.78, 5) is 5.15. The summed E-state index contributed by atoms with van der Waals surface area (Å²) in [6, 6.07) is 4.74. The van der Waals surface area contributed by atoms with Crippen molar-refractivity contribution in [2.45, 2.75) is 45.8 Å². The highest BCUT2D eigenvalue weighted by molar-refractivity contribution is 5.07. The van der Waals surface area contributed by atoms with E-state index in [1.54, 1.807) is 0 Å². The molecule has 2 fully saturated rings. The van der Waals surface area contributed by atoms with Crippen LogP contribution in [0.4, 0.5) is 0 Å². The number of piperazine rings is 1. The average Bonchev–Trinajstić information content (AvgIpc) is 3.16. The lowest BCUT2D eigenvalue weighted by molar-refractivity contribution is 0.117. The minimum atomic E-state index is 0.498. The highest BCUT2D eigenvalue weighted by Gasteiger charge is 2.26. The number of nitrogens with one attached hydrogen (secondary N) is 1. The maximum atomic E-state index is 5.92. The van der Waals surface area contributed by atoms with Crippen molar-refractivity contribution in [3.8, 4) is 0 Å². The summed E-state index contributed by atoms with van der Waals surface area (Å²) in [6.07, 6.45) is 2.92. The number of furan rings is 1. The van der Waals surface area contributed by atoms with E-state index in [1.807, 2.05) is 0 Å². The molecule has 118 valence electrons. The Kier molecular flexibility index (Phi) is 4.99. The topological polar surface area (TPSA) is 31.6 Å². The first-order valence-corrected chi connectivity index (χ1v) is 8.45. The molecule has 4 heteroatoms. The quantitative estimate of drug-likeness (QED) is 0.835. The molecular weight excluding hydrogens is 262 g/mol. The summed E-state index contributed by atoms with van der Waals surface area (Å²) in [5.41, 5.74) is 0. The molecule has 1 saturated heterocycles. The highest BCUT2D eigenvalue weighted by Crippen LogP contribution is 2.30. The van der Waals surface area contributed by atoms with E-state index in [-0.39, 0.29) is 0 Å². The zero-order valence-electron chi connectivity index (χ0n) is 13.5. The standard InChI is InChI=1S/C17H29N3O/c1-14(2)18-11-16-5-6-17(21-16)13-20-9-7-19(8-10-20)12-15-3-4-15/h5-6,14-15,18H,3-4,7-13H2,1-2H3. The van der Waals surface area contributed by atoms with Crippen molar-refractivity contribution < 1.29 is 4.42 Å². The van der Waals surface area contributed by atoms with Crippen LogP contribution in [0.1, 0.15) is 38.2 Å². The van der Waals surface area contributed by atoms with Gasteiger partial charge >= 0.3 is 0 Å². The molecule has 1 aliphatic heterocycles. The van der Waals surface area contributed by atoms with E-state index in [0.29, 0.717) is 6.04 Å². The first kappa shape index (κ1) is 15.1. The molecule has 0 radical (unpaired) electrons. The molecule has 1 saturated carbocycles. The molecule has 1 N–H and O–H groups in total. The molecule has 1 aliphatic carbocycles. The molecule has 1 aromatic heterocycles. The van der Waals surface area contributed by atoms with Crippen molar-refractivity contribution in [3.05, 3.63) is 23.7 Å². The average molecular weight is 291 g/mol. The van der Waals surface area contributed by atoms with Crippen LogP contribution in [0.3, 0.4) is 0 Å². The lowest BCUT2D eigenvalue weighted by Crippen LogP contribution is -2.46. The van der Waals surface area contributed by atoms with Crippen LogP contribution < -0.4 is 5.32 Å². The number of hydrogen-bond acceptors (Lipinski definition) is 4. The van der Waals surface area contributed by atoms with Gasteiger partial charge in [0.05, 0.1) is 13.1 Å². The summed E-state index contributed by atoms with van der Waals surface area (Å²) in [6.45, 7) is 12.2. The van der Waals surface area contributed by atoms with Gasteiger partial charge in [-0.15, -0.1) is 0 Å². The van der Waals surface area contributed by atoms with Gasteiger partial charge in [0.25, 0.3) is 0 Å². The second-order valence-corrected chi connectivity index (χ2v) is 6.92. The Morgan fingerprint density at radius 3 is 2.43 bits per heavy atom. The Morgan fingerprint density at radius 1 is 1.10 bits per heavy atom. The molecule has 0 bridgehead atoms. The van der Waals surface area contributed by atoms with Gasteiger partial charge in [0, 0.05) is 38.8 Å². The van der Waals surface area contributed by atoms with Crippen LogP contribution in [0, 0.1) is 5.92 Å². The molecule has 21 heavy (non-hydrogen) atoms. The first-order valence-electron chi connectivity index (χ1n) is 8.45. The van der Waals surface area contributed by atoms with Gasteiger partial charge in [-0.2, -0.15) is 0 Å². The largest absolute Gasteiger partial charge is 0.463 e. The van der Waals surface area contributed by atoms with Crippen molar-refractivity contribution in [2.75, 3.05) is 32.7 Å². The number of nitrogens with zero attached hydrogens (tertiary/aromatic N) is 2. The fourth-order valence-electron chi connectivity index (χ4n) is 2.92. The monoisotopic (exact) mass is 291 g/mol. The summed E-state index contributed by atoms with van der Waals surface area (Å²) >= 11 is 0. The third kappa shape index (κ3) is 4.83. The van der Waals surface area contributed by atoms with Crippen LogP contribution in [0.25, 0.3) is 0 Å². The van der Waals surface area contributed by atoms with Gasteiger partial charge in [-0.25, -0.2) is 0 Å². The van der Waals surface area contributed by atoms with Gasteiger partial charge in [0.2, 0.25) is 0 Å². The SMILES string of the molecule is CC(C)NCc1ccc(CN2CCN(CC3CC3)CC2)o1. The predicted molar refractivity (Wildman–Crippen MR) is 85.1 cm³/mol. The molecule has 2 aliphatic rings. The summed E-state index contributed by atoms with van der Waals surface area (Å²) < 4.78 is 5.92. The molecule has 0 atom stereocenters. The molecule has 3 rings (SSSR count). The molecular formula is C17H29N3O. The Morgan fingerprint density at radius 2 is 1.76 bits per heavy atom. The molecule has 1 aromatic rings. The van der Waals surface area contributed by atoms with Crippen LogP contribution in [-0.2, 0) is 13.1 Å². The molecule has 0 unspecified atom stereocenters. The molecule has 4 nitrogen and oxygen atoms in total. The summed E-state index contributed by atoms with van der Waals surface area (Å²) in [5.74, 6) is 3.16. The second-order valence-electron chi connectivity index (χ2n) is 6.92. The minimum Gasteiger partial charge on any atom is -0.463 e. The highest BCUT2D eigenvalue weighted by atomic mass is 16.3. The molecule has 2 heterocycles. The second kappa shape index (κ2) is 6.95. The van der Waals surface area contributed by atoms with Gasteiger partial charge in [-0.3, -0.25) is 4.90 Å². The van der Waals surface area contributed by atoms with Crippen molar-refractivity contribution >= 4 is 0 Å². The van der Waals surface area contributed by atoms with Crippen molar-refractivity contribution in [1.82, 2.24) is 15.1 Å². The fourth-order valence-corrected chi connectivity index (χ4v) is 2.92. The minimum absolute atomic E-state index is 0.498. The Bertz CT molecular complexity index is 431. The van der Waals surface area contributed by atoms with Gasteiger partial charge in [0.15, 0.2) is 0 Å². The van der Waals surface area contributed by atoms with Crippen molar-refractivity contribution in [1.29, 1.82) is 0 Å². The van der Waals surface area contributed by atoms with E-state index in [4.69, 9.17) is 4.42 Å². The molecule has 0 aromatic carbocycles. The van der Waals surface area contributed by atoms with E-state index >= 15 is 0 Å². The molecule has 0 spiro atoms. The normalized spacial score (nSPS) is 21.3. The van der Waals surface area contributed by atoms with Gasteiger partial charge < -0.3 is 14.6 Å². The predicted octanol–water partition coefficient (Wildman–Crippen LogP) is 2.31. The van der Waals surface area contributed by atoms with Crippen LogP contribution >= 0.6 is 0 Å². The van der Waals surface area contributed by atoms with E-state index in [2.05, 4.69) is 41.1 Å². The number of hydrogen-bond donors (Lipinski definition) is 1. The zero-order valence-corrected chi connectivity index (χ0v) is 13.5. The maximum Gasteiger partial charge on any atom is 0.118 e. The third-order valence-corrected chi connectivity index (χ3v) is 4.46. The van der Waals surface area contributed by atoms with Crippen LogP contribution in [0.15, 0.2) is 16.5 Å². The van der Waals surface area contributed by atoms with Gasteiger partial charge in [-0.05, 0) is 30.9 Å². The Hall–Kier alpha value is -0.840. The Balaban J connectivity index is 1.40. The van der Waals surface area contributed by atoms with Crippen molar-refractivity contribution in [2.24, 2.45) is 5.92 Å². The lowest BCUT2D eigenvalue weighted by atomic mass is 10.2.